The molecule has 0 atom stereocenters. The Bertz CT molecular complexity index is 372. The first-order chi connectivity index (χ1) is 9.61. The number of hydrogen-bond acceptors (Lipinski definition) is 4. The molecule has 6 heteroatoms. The number of hydrogen-bond donors (Lipinski definition) is 1. The number of piperidine rings is 1. The Morgan fingerprint density at radius 2 is 1.80 bits per heavy atom. The van der Waals surface area contributed by atoms with Gasteiger partial charge in [0, 0.05) is 25.8 Å². The molecule has 2 fully saturated rings. The van der Waals surface area contributed by atoms with Crippen LogP contribution in [0.4, 0.5) is 0 Å². The molecule has 2 heterocycles. The van der Waals surface area contributed by atoms with Crippen LogP contribution in [0.15, 0.2) is 0 Å². The first kappa shape index (κ1) is 16.2. The van der Waals surface area contributed by atoms with Crippen LogP contribution < -0.4 is 4.72 Å². The molecule has 0 aromatic rings. The van der Waals surface area contributed by atoms with Crippen molar-refractivity contribution in [2.24, 2.45) is 5.92 Å². The number of rotatable bonds is 6. The average molecular weight is 304 g/mol. The van der Waals surface area contributed by atoms with Crippen LogP contribution in [-0.2, 0) is 14.8 Å². The lowest BCUT2D eigenvalue weighted by Crippen LogP contribution is -2.45. The Balaban J connectivity index is 1.69. The van der Waals surface area contributed by atoms with Gasteiger partial charge in [-0.25, -0.2) is 13.1 Å². The van der Waals surface area contributed by atoms with Gasteiger partial charge in [-0.1, -0.05) is 6.92 Å². The smallest absolute Gasteiger partial charge is 0.211 e. The molecule has 0 radical (unpaired) electrons. The van der Waals surface area contributed by atoms with E-state index in [-0.39, 0.29) is 5.75 Å². The van der Waals surface area contributed by atoms with Crippen LogP contribution >= 0.6 is 0 Å². The average Bonchev–Trinajstić information content (AvgIpc) is 2.47. The maximum Gasteiger partial charge on any atom is 0.211 e. The zero-order chi connectivity index (χ0) is 14.4. The summed E-state index contributed by atoms with van der Waals surface area (Å²) in [5.41, 5.74) is 0. The highest BCUT2D eigenvalue weighted by Gasteiger charge is 2.26. The highest BCUT2D eigenvalue weighted by Crippen LogP contribution is 2.22. The van der Waals surface area contributed by atoms with Crippen molar-refractivity contribution in [3.63, 3.8) is 0 Å². The molecular weight excluding hydrogens is 276 g/mol. The maximum atomic E-state index is 11.6. The number of sulfonamides is 1. The Labute approximate surface area is 123 Å². The van der Waals surface area contributed by atoms with Crippen molar-refractivity contribution in [1.82, 2.24) is 9.62 Å². The predicted molar refractivity (Wildman–Crippen MR) is 80.2 cm³/mol. The van der Waals surface area contributed by atoms with Gasteiger partial charge in [-0.05, 0) is 51.1 Å². The largest absolute Gasteiger partial charge is 0.381 e. The van der Waals surface area contributed by atoms with E-state index in [4.69, 9.17) is 4.74 Å². The fraction of sp³-hybridized carbons (Fsp3) is 1.00. The van der Waals surface area contributed by atoms with Crippen molar-refractivity contribution >= 4 is 10.0 Å². The second-order valence-corrected chi connectivity index (χ2v) is 7.92. The number of nitrogens with one attached hydrogen (secondary N) is 1. The zero-order valence-electron chi connectivity index (χ0n) is 12.5. The summed E-state index contributed by atoms with van der Waals surface area (Å²) in [4.78, 5) is 2.57. The van der Waals surface area contributed by atoms with Gasteiger partial charge in [-0.15, -0.1) is 0 Å². The molecule has 0 bridgehead atoms. The van der Waals surface area contributed by atoms with Crippen LogP contribution in [0.5, 0.6) is 0 Å². The van der Waals surface area contributed by atoms with E-state index in [0.29, 0.717) is 24.9 Å². The van der Waals surface area contributed by atoms with Crippen LogP contribution in [-0.4, -0.2) is 58.0 Å². The van der Waals surface area contributed by atoms with Gasteiger partial charge < -0.3 is 9.64 Å². The van der Waals surface area contributed by atoms with E-state index in [9.17, 15) is 8.42 Å². The normalized spacial score (nSPS) is 24.1. The molecule has 2 saturated heterocycles. The Morgan fingerprint density at radius 3 is 2.40 bits per heavy atom. The monoisotopic (exact) mass is 304 g/mol. The van der Waals surface area contributed by atoms with Crippen molar-refractivity contribution in [3.8, 4) is 0 Å². The summed E-state index contributed by atoms with van der Waals surface area (Å²) in [7, 11) is -3.05. The van der Waals surface area contributed by atoms with E-state index in [2.05, 4.69) is 9.62 Å². The van der Waals surface area contributed by atoms with Gasteiger partial charge in [0.05, 0.1) is 5.75 Å². The minimum Gasteiger partial charge on any atom is -0.381 e. The summed E-state index contributed by atoms with van der Waals surface area (Å²) >= 11 is 0. The van der Waals surface area contributed by atoms with E-state index >= 15 is 0 Å². The van der Waals surface area contributed by atoms with E-state index in [1.807, 2.05) is 6.92 Å². The summed E-state index contributed by atoms with van der Waals surface area (Å²) in [6.07, 6.45) is 5.18. The lowest BCUT2D eigenvalue weighted by molar-refractivity contribution is 0.0214. The fourth-order valence-electron chi connectivity index (χ4n) is 3.16. The maximum absolute atomic E-state index is 11.6. The second-order valence-electron chi connectivity index (χ2n) is 5.99. The molecule has 2 rings (SSSR count). The van der Waals surface area contributed by atoms with Crippen molar-refractivity contribution < 1.29 is 13.2 Å². The molecule has 1 N–H and O–H groups in total. The van der Waals surface area contributed by atoms with Crippen LogP contribution in [0.25, 0.3) is 0 Å². The molecule has 0 aromatic carbocycles. The van der Waals surface area contributed by atoms with Gasteiger partial charge in [0.1, 0.15) is 0 Å². The number of likely N-dealkylation sites (tertiary alicyclic amines) is 1. The third-order valence-electron chi connectivity index (χ3n) is 4.42. The fourth-order valence-corrected chi connectivity index (χ4v) is 4.33. The Morgan fingerprint density at radius 1 is 1.15 bits per heavy atom. The topological polar surface area (TPSA) is 58.6 Å². The van der Waals surface area contributed by atoms with Gasteiger partial charge in [0.2, 0.25) is 10.0 Å². The van der Waals surface area contributed by atoms with E-state index < -0.39 is 10.0 Å². The van der Waals surface area contributed by atoms with E-state index in [0.717, 1.165) is 52.0 Å². The van der Waals surface area contributed by atoms with Crippen molar-refractivity contribution in [2.45, 2.75) is 45.1 Å². The van der Waals surface area contributed by atoms with Crippen LogP contribution in [0.3, 0.4) is 0 Å². The second kappa shape index (κ2) is 7.73. The van der Waals surface area contributed by atoms with Gasteiger partial charge in [0.25, 0.3) is 0 Å². The SMILES string of the molecule is CCCS(=O)(=O)NCC1CCN(C2CCOCC2)CC1. The Kier molecular flexibility index (Phi) is 6.26. The highest BCUT2D eigenvalue weighted by molar-refractivity contribution is 7.89. The van der Waals surface area contributed by atoms with Crippen molar-refractivity contribution in [3.05, 3.63) is 0 Å². The third-order valence-corrected chi connectivity index (χ3v) is 5.97. The number of ether oxygens (including phenoxy) is 1. The molecule has 2 aliphatic heterocycles. The first-order valence-electron chi connectivity index (χ1n) is 7.90. The van der Waals surface area contributed by atoms with E-state index in [1.165, 1.54) is 0 Å². The summed E-state index contributed by atoms with van der Waals surface area (Å²) in [5.74, 6) is 0.742. The summed E-state index contributed by atoms with van der Waals surface area (Å²) in [6, 6.07) is 0.682. The molecule has 20 heavy (non-hydrogen) atoms. The predicted octanol–water partition coefficient (Wildman–Crippen LogP) is 1.21. The molecule has 2 aliphatic rings. The molecule has 0 amide bonds. The molecule has 118 valence electrons. The lowest BCUT2D eigenvalue weighted by Gasteiger charge is -2.39. The molecule has 0 unspecified atom stereocenters. The summed E-state index contributed by atoms with van der Waals surface area (Å²) < 4.78 is 31.5. The Hall–Kier alpha value is -0.170. The standard InChI is InChI=1S/C14H28N2O3S/c1-2-11-20(17,18)15-12-13-3-7-16(8-4-13)14-5-9-19-10-6-14/h13-15H,2-12H2,1H3. The molecule has 0 spiro atoms. The first-order valence-corrected chi connectivity index (χ1v) is 9.55. The van der Waals surface area contributed by atoms with Crippen molar-refractivity contribution in [1.29, 1.82) is 0 Å². The van der Waals surface area contributed by atoms with Crippen LogP contribution in [0.2, 0.25) is 0 Å². The minimum atomic E-state index is -3.05. The summed E-state index contributed by atoms with van der Waals surface area (Å²) in [6.45, 7) is 6.49. The zero-order valence-corrected chi connectivity index (χ0v) is 13.3. The molecule has 5 nitrogen and oxygen atoms in total. The quantitative estimate of drug-likeness (QED) is 0.801. The van der Waals surface area contributed by atoms with Crippen molar-refractivity contribution in [2.75, 3.05) is 38.6 Å². The highest BCUT2D eigenvalue weighted by atomic mass is 32.2. The molecule has 0 saturated carbocycles. The molecular formula is C14H28N2O3S. The van der Waals surface area contributed by atoms with Gasteiger partial charge in [0.15, 0.2) is 0 Å². The lowest BCUT2D eigenvalue weighted by atomic mass is 9.94. The summed E-state index contributed by atoms with van der Waals surface area (Å²) in [5, 5.41) is 0. The van der Waals surface area contributed by atoms with Gasteiger partial charge in [-0.2, -0.15) is 0 Å². The van der Waals surface area contributed by atoms with Gasteiger partial charge >= 0.3 is 0 Å². The van der Waals surface area contributed by atoms with Crippen LogP contribution in [0, 0.1) is 5.92 Å². The van der Waals surface area contributed by atoms with Gasteiger partial charge in [-0.3, -0.25) is 0 Å². The molecule has 0 aliphatic carbocycles. The third kappa shape index (κ3) is 4.98. The van der Waals surface area contributed by atoms with E-state index in [1.54, 1.807) is 0 Å². The minimum absolute atomic E-state index is 0.244. The molecule has 0 aromatic heterocycles. The number of nitrogens with zero attached hydrogens (tertiary/aromatic N) is 1. The van der Waals surface area contributed by atoms with Crippen LogP contribution in [0.1, 0.15) is 39.0 Å².